The molecule has 0 saturated carbocycles. The average Bonchev–Trinajstić information content (AvgIpc) is 3.44. The van der Waals surface area contributed by atoms with E-state index >= 15 is 0 Å². The van der Waals surface area contributed by atoms with Gasteiger partial charge in [0, 0.05) is 59.2 Å². The summed E-state index contributed by atoms with van der Waals surface area (Å²) in [7, 11) is 0. The number of benzene rings is 2. The van der Waals surface area contributed by atoms with Crippen LogP contribution in [0.1, 0.15) is 31.3 Å². The molecule has 0 atom stereocenters. The standard InChI is InChI=1S/C23H25N7O3/c24-5-7-26-21(31)14-2-4-17-15(9-14)11-20(29-17)23(33)28-16-3-1-13-10-19(30-18(13)12-16)22(32)27-8-6-25/h1-4,9-12,29-30H,5-8,24-25H2,(H,26,31)(H,27,32)(H,28,33). The number of H-pyrrole nitrogens is 2. The van der Waals surface area contributed by atoms with Gasteiger partial charge in [-0.1, -0.05) is 6.07 Å². The number of hydrogen-bond donors (Lipinski definition) is 7. The number of aromatic nitrogens is 2. The summed E-state index contributed by atoms with van der Waals surface area (Å²) in [6.07, 6.45) is 0. The van der Waals surface area contributed by atoms with Crippen LogP contribution in [0, 0.1) is 0 Å². The molecule has 170 valence electrons. The number of aromatic amines is 2. The van der Waals surface area contributed by atoms with Crippen LogP contribution in [0.2, 0.25) is 0 Å². The molecule has 9 N–H and O–H groups in total. The maximum atomic E-state index is 12.8. The molecule has 0 spiro atoms. The van der Waals surface area contributed by atoms with Gasteiger partial charge in [0.25, 0.3) is 17.7 Å². The first-order valence-corrected chi connectivity index (χ1v) is 10.5. The molecule has 0 bridgehead atoms. The van der Waals surface area contributed by atoms with Crippen molar-refractivity contribution in [3.63, 3.8) is 0 Å². The fourth-order valence-corrected chi connectivity index (χ4v) is 3.49. The van der Waals surface area contributed by atoms with Crippen LogP contribution in [-0.4, -0.2) is 53.9 Å². The molecular weight excluding hydrogens is 422 g/mol. The third-order valence-corrected chi connectivity index (χ3v) is 5.11. The number of nitrogens with one attached hydrogen (secondary N) is 5. The van der Waals surface area contributed by atoms with Crippen molar-refractivity contribution >= 4 is 45.2 Å². The van der Waals surface area contributed by atoms with Gasteiger partial charge in [0.05, 0.1) is 0 Å². The second kappa shape index (κ2) is 9.55. The molecule has 4 aromatic rings. The fourth-order valence-electron chi connectivity index (χ4n) is 3.49. The Hall–Kier alpha value is -4.15. The maximum absolute atomic E-state index is 12.8. The number of anilines is 1. The Bertz CT molecular complexity index is 1340. The minimum Gasteiger partial charge on any atom is -0.351 e. The van der Waals surface area contributed by atoms with Crippen LogP contribution >= 0.6 is 0 Å². The monoisotopic (exact) mass is 447 g/mol. The number of carbonyl (C=O) groups is 3. The number of fused-ring (bicyclic) bond motifs is 2. The van der Waals surface area contributed by atoms with Crippen LogP contribution in [0.5, 0.6) is 0 Å². The predicted octanol–water partition coefficient (Wildman–Crippen LogP) is 1.28. The van der Waals surface area contributed by atoms with Crippen LogP contribution in [0.4, 0.5) is 5.69 Å². The minimum absolute atomic E-state index is 0.218. The van der Waals surface area contributed by atoms with E-state index in [9.17, 15) is 14.4 Å². The number of hydrogen-bond acceptors (Lipinski definition) is 5. The van der Waals surface area contributed by atoms with E-state index in [1.54, 1.807) is 42.5 Å². The summed E-state index contributed by atoms with van der Waals surface area (Å²) in [6, 6.07) is 13.9. The van der Waals surface area contributed by atoms with Gasteiger partial charge < -0.3 is 37.4 Å². The molecule has 0 fully saturated rings. The van der Waals surface area contributed by atoms with E-state index < -0.39 is 0 Å². The molecule has 2 aromatic carbocycles. The molecule has 0 radical (unpaired) electrons. The van der Waals surface area contributed by atoms with Crippen LogP contribution in [-0.2, 0) is 0 Å². The van der Waals surface area contributed by atoms with Gasteiger partial charge in [0.1, 0.15) is 11.4 Å². The third-order valence-electron chi connectivity index (χ3n) is 5.11. The molecule has 4 rings (SSSR count). The first-order valence-electron chi connectivity index (χ1n) is 10.5. The molecular formula is C23H25N7O3. The molecule has 2 aromatic heterocycles. The highest BCUT2D eigenvalue weighted by molar-refractivity contribution is 6.08. The Labute approximate surface area is 189 Å². The first-order chi connectivity index (χ1) is 16.0. The highest BCUT2D eigenvalue weighted by atomic mass is 16.2. The molecule has 10 heteroatoms. The molecule has 33 heavy (non-hydrogen) atoms. The lowest BCUT2D eigenvalue weighted by atomic mass is 10.1. The molecule has 0 aliphatic rings. The van der Waals surface area contributed by atoms with E-state index in [1.807, 2.05) is 6.07 Å². The molecule has 3 amide bonds. The van der Waals surface area contributed by atoms with Gasteiger partial charge in [-0.05, 0) is 42.5 Å². The quantitative estimate of drug-likeness (QED) is 0.215. The van der Waals surface area contributed by atoms with Crippen molar-refractivity contribution in [3.05, 3.63) is 65.5 Å². The van der Waals surface area contributed by atoms with E-state index in [2.05, 4.69) is 25.9 Å². The van der Waals surface area contributed by atoms with Crippen molar-refractivity contribution in [2.45, 2.75) is 0 Å². The Morgan fingerprint density at radius 2 is 1.36 bits per heavy atom. The van der Waals surface area contributed by atoms with Crippen LogP contribution in [0.15, 0.2) is 48.5 Å². The van der Waals surface area contributed by atoms with Crippen molar-refractivity contribution in [1.82, 2.24) is 20.6 Å². The molecule has 10 nitrogen and oxygen atoms in total. The lowest BCUT2D eigenvalue weighted by molar-refractivity contribution is 0.0944. The first kappa shape index (κ1) is 22.1. The van der Waals surface area contributed by atoms with Gasteiger partial charge >= 0.3 is 0 Å². The summed E-state index contributed by atoms with van der Waals surface area (Å²) in [6.45, 7) is 1.50. The number of rotatable bonds is 8. The lowest BCUT2D eigenvalue weighted by Gasteiger charge is -2.03. The van der Waals surface area contributed by atoms with E-state index in [4.69, 9.17) is 11.5 Å². The summed E-state index contributed by atoms with van der Waals surface area (Å²) in [5.74, 6) is -0.784. The van der Waals surface area contributed by atoms with Crippen LogP contribution in [0.25, 0.3) is 21.8 Å². The zero-order valence-corrected chi connectivity index (χ0v) is 17.8. The van der Waals surface area contributed by atoms with E-state index in [0.717, 1.165) is 21.8 Å². The number of nitrogens with two attached hydrogens (primary N) is 2. The van der Waals surface area contributed by atoms with Crippen molar-refractivity contribution in [2.75, 3.05) is 31.5 Å². The minimum atomic E-state index is -0.327. The molecule has 0 aliphatic carbocycles. The summed E-state index contributed by atoms with van der Waals surface area (Å²) in [5.41, 5.74) is 14.1. The largest absolute Gasteiger partial charge is 0.351 e. The van der Waals surface area contributed by atoms with E-state index in [0.29, 0.717) is 48.8 Å². The van der Waals surface area contributed by atoms with Crippen molar-refractivity contribution in [3.8, 4) is 0 Å². The Morgan fingerprint density at radius 1 is 0.697 bits per heavy atom. The Morgan fingerprint density at radius 3 is 2.12 bits per heavy atom. The third kappa shape index (κ3) is 4.86. The lowest BCUT2D eigenvalue weighted by Crippen LogP contribution is -2.29. The van der Waals surface area contributed by atoms with Crippen molar-refractivity contribution in [2.24, 2.45) is 11.5 Å². The van der Waals surface area contributed by atoms with Gasteiger partial charge in [-0.2, -0.15) is 0 Å². The highest BCUT2D eigenvalue weighted by Crippen LogP contribution is 2.22. The normalized spacial score (nSPS) is 11.0. The Balaban J connectivity index is 1.50. The van der Waals surface area contributed by atoms with Gasteiger partial charge in [-0.25, -0.2) is 0 Å². The zero-order valence-electron chi connectivity index (χ0n) is 17.8. The number of carbonyl (C=O) groups excluding carboxylic acids is 3. The van der Waals surface area contributed by atoms with Gasteiger partial charge in [0.15, 0.2) is 0 Å². The van der Waals surface area contributed by atoms with Crippen LogP contribution < -0.4 is 27.4 Å². The molecule has 0 aliphatic heterocycles. The molecule has 0 saturated heterocycles. The van der Waals surface area contributed by atoms with Crippen molar-refractivity contribution < 1.29 is 14.4 Å². The predicted molar refractivity (Wildman–Crippen MR) is 127 cm³/mol. The summed E-state index contributed by atoms with van der Waals surface area (Å²) < 4.78 is 0. The number of amides is 3. The average molecular weight is 447 g/mol. The SMILES string of the molecule is NCCNC(=O)c1ccc2[nH]c(C(=O)Nc3ccc4cc(C(=O)NCCN)[nH]c4c3)cc2c1. The van der Waals surface area contributed by atoms with Crippen molar-refractivity contribution in [1.29, 1.82) is 0 Å². The maximum Gasteiger partial charge on any atom is 0.272 e. The molecule has 0 unspecified atom stereocenters. The van der Waals surface area contributed by atoms with Gasteiger partial charge in [0.2, 0.25) is 0 Å². The van der Waals surface area contributed by atoms with E-state index in [-0.39, 0.29) is 17.7 Å². The highest BCUT2D eigenvalue weighted by Gasteiger charge is 2.14. The second-order valence-electron chi connectivity index (χ2n) is 7.51. The summed E-state index contributed by atoms with van der Waals surface area (Å²) in [4.78, 5) is 43.2. The Kier molecular flexibility index (Phi) is 6.38. The second-order valence-corrected chi connectivity index (χ2v) is 7.51. The summed E-state index contributed by atoms with van der Waals surface area (Å²) >= 11 is 0. The van der Waals surface area contributed by atoms with Gasteiger partial charge in [-0.15, -0.1) is 0 Å². The topological polar surface area (TPSA) is 171 Å². The zero-order chi connectivity index (χ0) is 23.4. The van der Waals surface area contributed by atoms with Crippen LogP contribution in [0.3, 0.4) is 0 Å². The van der Waals surface area contributed by atoms with E-state index in [1.165, 1.54) is 0 Å². The fraction of sp³-hybridized carbons (Fsp3) is 0.174. The van der Waals surface area contributed by atoms with Gasteiger partial charge in [-0.3, -0.25) is 14.4 Å². The summed E-state index contributed by atoms with van der Waals surface area (Å²) in [5, 5.41) is 9.87. The molecule has 2 heterocycles. The smallest absolute Gasteiger partial charge is 0.272 e.